The number of benzene rings is 1. The lowest BCUT2D eigenvalue weighted by molar-refractivity contribution is -0.145. The van der Waals surface area contributed by atoms with Crippen LogP contribution in [0.1, 0.15) is 35.6 Å². The predicted octanol–water partition coefficient (Wildman–Crippen LogP) is 2.02. The van der Waals surface area contributed by atoms with E-state index < -0.39 is 12.0 Å². The van der Waals surface area contributed by atoms with E-state index >= 15 is 0 Å². The summed E-state index contributed by atoms with van der Waals surface area (Å²) in [4.78, 5) is 13.7. The van der Waals surface area contributed by atoms with Crippen molar-refractivity contribution in [3.63, 3.8) is 0 Å². The average Bonchev–Trinajstić information content (AvgIpc) is 2.48. The summed E-state index contributed by atoms with van der Waals surface area (Å²) in [5.41, 5.74) is 3.65. The molecular weight excluding hydrogens is 254 g/mol. The van der Waals surface area contributed by atoms with Crippen LogP contribution >= 0.6 is 0 Å². The van der Waals surface area contributed by atoms with Gasteiger partial charge in [0.1, 0.15) is 6.04 Å². The van der Waals surface area contributed by atoms with E-state index in [-0.39, 0.29) is 0 Å². The molecule has 1 aromatic carbocycles. The summed E-state index contributed by atoms with van der Waals surface area (Å²) < 4.78 is 5.32. The monoisotopic (exact) mass is 275 g/mol. The van der Waals surface area contributed by atoms with Crippen molar-refractivity contribution < 1.29 is 14.6 Å². The minimum atomic E-state index is -0.761. The summed E-state index contributed by atoms with van der Waals surface area (Å²) in [6, 6.07) is 5.70. The van der Waals surface area contributed by atoms with E-state index in [0.29, 0.717) is 26.3 Å². The fraction of sp³-hybridized carbons (Fsp3) is 0.562. The van der Waals surface area contributed by atoms with E-state index in [9.17, 15) is 9.90 Å². The number of carbonyl (C=O) groups is 1. The Labute approximate surface area is 119 Å². The van der Waals surface area contributed by atoms with Crippen LogP contribution in [0.5, 0.6) is 0 Å². The van der Waals surface area contributed by atoms with Crippen LogP contribution in [0.15, 0.2) is 18.2 Å². The van der Waals surface area contributed by atoms with Gasteiger partial charge in [0.25, 0.3) is 0 Å². The third-order valence-corrected chi connectivity index (χ3v) is 4.33. The van der Waals surface area contributed by atoms with E-state index in [4.69, 9.17) is 4.74 Å². The summed E-state index contributed by atoms with van der Waals surface area (Å²) in [5, 5.41) is 9.60. The molecule has 1 N–H and O–H groups in total. The molecule has 0 saturated carbocycles. The van der Waals surface area contributed by atoms with Crippen LogP contribution in [0.25, 0.3) is 0 Å². The second-order valence-electron chi connectivity index (χ2n) is 5.62. The molecule has 2 aliphatic rings. The van der Waals surface area contributed by atoms with Gasteiger partial charge in [0.15, 0.2) is 0 Å². The normalized spacial score (nSPS) is 21.2. The maximum absolute atomic E-state index is 11.7. The highest BCUT2D eigenvalue weighted by molar-refractivity contribution is 5.75. The summed E-state index contributed by atoms with van der Waals surface area (Å²) in [6.45, 7) is 2.62. The second-order valence-corrected chi connectivity index (χ2v) is 5.62. The van der Waals surface area contributed by atoms with Crippen molar-refractivity contribution in [3.05, 3.63) is 34.9 Å². The number of nitrogens with zero attached hydrogens (tertiary/aromatic N) is 1. The number of rotatable bonds is 3. The molecule has 0 spiro atoms. The van der Waals surface area contributed by atoms with Gasteiger partial charge in [0.2, 0.25) is 0 Å². The Balaban J connectivity index is 1.88. The minimum Gasteiger partial charge on any atom is -0.480 e. The van der Waals surface area contributed by atoms with Gasteiger partial charge in [-0.25, -0.2) is 0 Å². The largest absolute Gasteiger partial charge is 0.480 e. The summed E-state index contributed by atoms with van der Waals surface area (Å²) in [6.07, 6.45) is 4.67. The Bertz CT molecular complexity index is 494. The van der Waals surface area contributed by atoms with Crippen molar-refractivity contribution in [1.29, 1.82) is 0 Å². The van der Waals surface area contributed by atoms with Crippen molar-refractivity contribution in [2.24, 2.45) is 0 Å². The number of ether oxygens (including phenoxy) is 1. The Morgan fingerprint density at radius 1 is 1.15 bits per heavy atom. The summed E-state index contributed by atoms with van der Waals surface area (Å²) in [7, 11) is 0. The number of fused-ring (bicyclic) bond motifs is 1. The van der Waals surface area contributed by atoms with Crippen molar-refractivity contribution in [2.45, 2.75) is 31.7 Å². The first-order valence-corrected chi connectivity index (χ1v) is 7.42. The highest BCUT2D eigenvalue weighted by Crippen LogP contribution is 2.28. The third-order valence-electron chi connectivity index (χ3n) is 4.33. The maximum atomic E-state index is 11.7. The number of hydrogen-bond acceptors (Lipinski definition) is 3. The lowest BCUT2D eigenvalue weighted by atomic mass is 9.89. The molecule has 0 amide bonds. The lowest BCUT2D eigenvalue weighted by Gasteiger charge is -2.32. The fourth-order valence-corrected chi connectivity index (χ4v) is 3.27. The van der Waals surface area contributed by atoms with Gasteiger partial charge in [-0.15, -0.1) is 0 Å². The molecule has 1 aromatic rings. The van der Waals surface area contributed by atoms with Crippen LogP contribution in [0, 0.1) is 0 Å². The molecule has 0 bridgehead atoms. The lowest BCUT2D eigenvalue weighted by Crippen LogP contribution is -2.42. The van der Waals surface area contributed by atoms with Crippen LogP contribution in [0.2, 0.25) is 0 Å². The van der Waals surface area contributed by atoms with Crippen molar-refractivity contribution >= 4 is 5.97 Å². The zero-order valence-electron chi connectivity index (χ0n) is 11.7. The van der Waals surface area contributed by atoms with Crippen molar-refractivity contribution in [3.8, 4) is 0 Å². The van der Waals surface area contributed by atoms with E-state index in [2.05, 4.69) is 12.1 Å². The van der Waals surface area contributed by atoms with Crippen LogP contribution in [0.3, 0.4) is 0 Å². The van der Waals surface area contributed by atoms with Crippen molar-refractivity contribution in [1.82, 2.24) is 4.90 Å². The molecule has 108 valence electrons. The molecule has 0 aromatic heterocycles. The molecule has 4 nitrogen and oxygen atoms in total. The molecule has 1 fully saturated rings. The molecule has 1 saturated heterocycles. The van der Waals surface area contributed by atoms with Gasteiger partial charge in [-0.2, -0.15) is 0 Å². The van der Waals surface area contributed by atoms with Crippen molar-refractivity contribution in [2.75, 3.05) is 26.3 Å². The molecule has 1 aliphatic carbocycles. The van der Waals surface area contributed by atoms with Gasteiger partial charge >= 0.3 is 5.97 Å². The number of aryl methyl sites for hydroxylation is 2. The number of carboxylic acids is 1. The van der Waals surface area contributed by atoms with E-state index in [1.54, 1.807) is 0 Å². The topological polar surface area (TPSA) is 49.8 Å². The highest BCUT2D eigenvalue weighted by Gasteiger charge is 2.29. The third kappa shape index (κ3) is 2.72. The van der Waals surface area contributed by atoms with Crippen LogP contribution < -0.4 is 0 Å². The van der Waals surface area contributed by atoms with Gasteiger partial charge in [-0.3, -0.25) is 9.69 Å². The molecule has 1 atom stereocenters. The Hall–Kier alpha value is -1.39. The van der Waals surface area contributed by atoms with E-state index in [1.807, 2.05) is 11.0 Å². The smallest absolute Gasteiger partial charge is 0.325 e. The molecule has 4 heteroatoms. The highest BCUT2D eigenvalue weighted by atomic mass is 16.5. The number of aliphatic carboxylic acids is 1. The first-order chi connectivity index (χ1) is 9.75. The number of morpholine rings is 1. The SMILES string of the molecule is O=C(O)C(c1ccc2c(c1)CCCC2)N1CCOCC1. The number of hydrogen-bond donors (Lipinski definition) is 1. The zero-order valence-corrected chi connectivity index (χ0v) is 11.7. The Kier molecular flexibility index (Phi) is 4.03. The quantitative estimate of drug-likeness (QED) is 0.917. The molecule has 1 heterocycles. The first-order valence-electron chi connectivity index (χ1n) is 7.42. The molecule has 20 heavy (non-hydrogen) atoms. The van der Waals surface area contributed by atoms with Gasteiger partial charge in [-0.05, 0) is 42.4 Å². The van der Waals surface area contributed by atoms with Gasteiger partial charge in [0.05, 0.1) is 13.2 Å². The first kappa shape index (κ1) is 13.6. The van der Waals surface area contributed by atoms with Crippen LogP contribution in [0.4, 0.5) is 0 Å². The molecule has 1 unspecified atom stereocenters. The van der Waals surface area contributed by atoms with Crippen LogP contribution in [-0.2, 0) is 22.4 Å². The van der Waals surface area contributed by atoms with Crippen LogP contribution in [-0.4, -0.2) is 42.3 Å². The van der Waals surface area contributed by atoms with Gasteiger partial charge in [0, 0.05) is 13.1 Å². The Morgan fingerprint density at radius 3 is 2.55 bits per heavy atom. The minimum absolute atomic E-state index is 0.536. The number of carboxylic acid groups (broad SMARTS) is 1. The van der Waals surface area contributed by atoms with Gasteiger partial charge in [-0.1, -0.05) is 18.2 Å². The standard InChI is InChI=1S/C16H21NO3/c18-16(19)15(17-7-9-20-10-8-17)14-6-5-12-3-1-2-4-13(12)11-14/h5-6,11,15H,1-4,7-10H2,(H,18,19). The summed E-state index contributed by atoms with van der Waals surface area (Å²) >= 11 is 0. The average molecular weight is 275 g/mol. The zero-order chi connectivity index (χ0) is 13.9. The summed E-state index contributed by atoms with van der Waals surface area (Å²) in [5.74, 6) is -0.761. The fourth-order valence-electron chi connectivity index (χ4n) is 3.27. The predicted molar refractivity (Wildman–Crippen MR) is 75.9 cm³/mol. The Morgan fingerprint density at radius 2 is 1.85 bits per heavy atom. The second kappa shape index (κ2) is 5.94. The molecule has 0 radical (unpaired) electrons. The maximum Gasteiger partial charge on any atom is 0.325 e. The van der Waals surface area contributed by atoms with E-state index in [1.165, 1.54) is 24.0 Å². The van der Waals surface area contributed by atoms with E-state index in [0.717, 1.165) is 18.4 Å². The molecule has 3 rings (SSSR count). The molecular formula is C16H21NO3. The van der Waals surface area contributed by atoms with Gasteiger partial charge < -0.3 is 9.84 Å². The molecule has 1 aliphatic heterocycles.